The zero-order valence-corrected chi connectivity index (χ0v) is 16.5. The van der Waals surface area contributed by atoms with Crippen LogP contribution in [0.2, 0.25) is 0 Å². The van der Waals surface area contributed by atoms with Crippen molar-refractivity contribution in [2.24, 2.45) is 0 Å². The monoisotopic (exact) mass is 365 g/mol. The van der Waals surface area contributed by atoms with Crippen LogP contribution in [0, 0.1) is 0 Å². The molecule has 2 aromatic rings. The van der Waals surface area contributed by atoms with Gasteiger partial charge in [0.05, 0.1) is 0 Å². The molecular weight excluding hydrogens is 334 g/mol. The molecule has 1 heterocycles. The summed E-state index contributed by atoms with van der Waals surface area (Å²) in [6.07, 6.45) is 2.59. The van der Waals surface area contributed by atoms with Crippen LogP contribution in [-0.2, 0) is 4.79 Å². The quantitative estimate of drug-likeness (QED) is 0.809. The number of carbonyl (C=O) groups excluding carboxylic acids is 1. The summed E-state index contributed by atoms with van der Waals surface area (Å²) in [5, 5.41) is 3.45. The van der Waals surface area contributed by atoms with E-state index in [0.29, 0.717) is 18.5 Å². The van der Waals surface area contributed by atoms with Crippen molar-refractivity contribution in [3.8, 4) is 0 Å². The summed E-state index contributed by atoms with van der Waals surface area (Å²) in [6.45, 7) is 5.00. The molecule has 27 heavy (non-hydrogen) atoms. The van der Waals surface area contributed by atoms with E-state index in [2.05, 4.69) is 40.5 Å². The molecule has 0 bridgehead atoms. The maximum atomic E-state index is 12.6. The fourth-order valence-electron chi connectivity index (χ4n) is 3.98. The molecule has 0 radical (unpaired) electrons. The second kappa shape index (κ2) is 9.67. The molecule has 0 spiro atoms. The van der Waals surface area contributed by atoms with Gasteiger partial charge in [0.25, 0.3) is 0 Å². The lowest BCUT2D eigenvalue weighted by atomic mass is 9.99. The normalized spacial score (nSPS) is 16.8. The highest BCUT2D eigenvalue weighted by molar-refractivity contribution is 5.93. The molecule has 1 fully saturated rings. The second-order valence-electron chi connectivity index (χ2n) is 7.24. The third kappa shape index (κ3) is 4.96. The minimum atomic E-state index is 0.219. The molecule has 1 saturated heterocycles. The zero-order chi connectivity index (χ0) is 19.1. The first kappa shape index (κ1) is 19.6. The Bertz CT molecular complexity index is 696. The molecule has 0 aromatic heterocycles. The number of nitrogens with zero attached hydrogens (tertiary/aromatic N) is 2. The average Bonchev–Trinajstić information content (AvgIpc) is 2.74. The van der Waals surface area contributed by atoms with Gasteiger partial charge in [0.2, 0.25) is 5.91 Å². The molecule has 0 saturated carbocycles. The Kier molecular flexibility index (Phi) is 7.02. The molecule has 4 nitrogen and oxygen atoms in total. The molecule has 1 unspecified atom stereocenters. The third-order valence-corrected chi connectivity index (χ3v) is 5.52. The lowest BCUT2D eigenvalue weighted by Gasteiger charge is -2.39. The first-order chi connectivity index (χ1) is 13.2. The summed E-state index contributed by atoms with van der Waals surface area (Å²) in [5.74, 6) is 0.219. The topological polar surface area (TPSA) is 35.6 Å². The number of nitrogens with one attached hydrogen (secondary N) is 1. The molecule has 1 aliphatic heterocycles. The fraction of sp³-hybridized carbons (Fsp3) is 0.435. The van der Waals surface area contributed by atoms with Crippen LogP contribution in [-0.4, -0.2) is 43.5 Å². The number of amides is 1. The number of para-hydroxylation sites is 1. The lowest BCUT2D eigenvalue weighted by molar-refractivity contribution is -0.119. The molecule has 1 N–H and O–H groups in total. The van der Waals surface area contributed by atoms with Crippen LogP contribution in [0.4, 0.5) is 5.69 Å². The molecule has 2 aromatic carbocycles. The smallest absolute Gasteiger partial charge is 0.226 e. The summed E-state index contributed by atoms with van der Waals surface area (Å²) in [5.41, 5.74) is 2.36. The van der Waals surface area contributed by atoms with Crippen molar-refractivity contribution in [2.45, 2.75) is 38.3 Å². The molecule has 144 valence electrons. The van der Waals surface area contributed by atoms with Gasteiger partial charge in [-0.25, -0.2) is 0 Å². The number of likely N-dealkylation sites (tertiary alicyclic amines) is 1. The van der Waals surface area contributed by atoms with Gasteiger partial charge in [-0.15, -0.1) is 0 Å². The standard InChI is InChI=1S/C23H31N3O/c1-3-23(27)26(20-12-8-5-9-13-20)21-14-16-25(17-15-21)18-22(24-2)19-10-6-4-7-11-19/h4-13,21-22,24H,3,14-18H2,1-2H3. The molecule has 0 aliphatic carbocycles. The Morgan fingerprint density at radius 3 is 2.22 bits per heavy atom. The van der Waals surface area contributed by atoms with Gasteiger partial charge in [0, 0.05) is 43.8 Å². The number of anilines is 1. The maximum Gasteiger partial charge on any atom is 0.226 e. The summed E-state index contributed by atoms with van der Waals surface area (Å²) >= 11 is 0. The largest absolute Gasteiger partial charge is 0.312 e. The van der Waals surface area contributed by atoms with Gasteiger partial charge in [-0.3, -0.25) is 4.79 Å². The van der Waals surface area contributed by atoms with E-state index >= 15 is 0 Å². The van der Waals surface area contributed by atoms with Crippen molar-refractivity contribution in [3.05, 3.63) is 66.2 Å². The van der Waals surface area contributed by atoms with E-state index in [-0.39, 0.29) is 5.91 Å². The van der Waals surface area contributed by atoms with Gasteiger partial charge in [-0.1, -0.05) is 55.5 Å². The third-order valence-electron chi connectivity index (χ3n) is 5.52. The number of piperidine rings is 1. The van der Waals surface area contributed by atoms with Crippen LogP contribution in [0.15, 0.2) is 60.7 Å². The van der Waals surface area contributed by atoms with Crippen LogP contribution in [0.3, 0.4) is 0 Å². The molecular formula is C23H31N3O. The maximum absolute atomic E-state index is 12.6. The Labute approximate surface area is 163 Å². The highest BCUT2D eigenvalue weighted by atomic mass is 16.2. The molecule has 4 heteroatoms. The van der Waals surface area contributed by atoms with E-state index in [4.69, 9.17) is 0 Å². The average molecular weight is 366 g/mol. The van der Waals surface area contributed by atoms with Crippen molar-refractivity contribution >= 4 is 11.6 Å². The summed E-state index contributed by atoms with van der Waals surface area (Å²) in [6, 6.07) is 21.4. The Morgan fingerprint density at radius 1 is 1.07 bits per heavy atom. The van der Waals surface area contributed by atoms with Crippen molar-refractivity contribution in [1.29, 1.82) is 0 Å². The number of hydrogen-bond acceptors (Lipinski definition) is 3. The molecule has 1 atom stereocenters. The SMILES string of the molecule is CCC(=O)N(c1ccccc1)C1CCN(CC(NC)c2ccccc2)CC1. The minimum Gasteiger partial charge on any atom is -0.312 e. The van der Waals surface area contributed by atoms with E-state index in [1.165, 1.54) is 5.56 Å². The highest BCUT2D eigenvalue weighted by Crippen LogP contribution is 2.25. The molecule has 3 rings (SSSR count). The first-order valence-corrected chi connectivity index (χ1v) is 10.0. The Balaban J connectivity index is 1.62. The minimum absolute atomic E-state index is 0.219. The van der Waals surface area contributed by atoms with Crippen molar-refractivity contribution < 1.29 is 4.79 Å². The zero-order valence-electron chi connectivity index (χ0n) is 16.5. The van der Waals surface area contributed by atoms with E-state index in [0.717, 1.165) is 38.2 Å². The van der Waals surface area contributed by atoms with Crippen molar-refractivity contribution in [2.75, 3.05) is 31.6 Å². The van der Waals surface area contributed by atoms with E-state index < -0.39 is 0 Å². The fourth-order valence-corrected chi connectivity index (χ4v) is 3.98. The van der Waals surface area contributed by atoms with Gasteiger partial charge < -0.3 is 15.1 Å². The predicted octanol–water partition coefficient (Wildman–Crippen LogP) is 3.85. The first-order valence-electron chi connectivity index (χ1n) is 10.0. The van der Waals surface area contributed by atoms with Crippen molar-refractivity contribution in [1.82, 2.24) is 10.2 Å². The van der Waals surface area contributed by atoms with Gasteiger partial charge >= 0.3 is 0 Å². The van der Waals surface area contributed by atoms with Gasteiger partial charge in [-0.2, -0.15) is 0 Å². The van der Waals surface area contributed by atoms with Crippen LogP contribution >= 0.6 is 0 Å². The highest BCUT2D eigenvalue weighted by Gasteiger charge is 2.29. The number of rotatable bonds is 7. The Hall–Kier alpha value is -2.17. The van der Waals surface area contributed by atoms with Gasteiger partial charge in [0.15, 0.2) is 0 Å². The lowest BCUT2D eigenvalue weighted by Crippen LogP contribution is -2.48. The summed E-state index contributed by atoms with van der Waals surface area (Å²) < 4.78 is 0. The van der Waals surface area contributed by atoms with E-state index in [1.54, 1.807) is 0 Å². The van der Waals surface area contributed by atoms with E-state index in [1.807, 2.05) is 49.2 Å². The second-order valence-corrected chi connectivity index (χ2v) is 7.24. The number of likely N-dealkylation sites (N-methyl/N-ethyl adjacent to an activating group) is 1. The number of hydrogen-bond donors (Lipinski definition) is 1. The van der Waals surface area contributed by atoms with Crippen LogP contribution in [0.25, 0.3) is 0 Å². The predicted molar refractivity (Wildman–Crippen MR) is 112 cm³/mol. The summed E-state index contributed by atoms with van der Waals surface area (Å²) in [4.78, 5) is 17.2. The number of carbonyl (C=O) groups is 1. The van der Waals surface area contributed by atoms with Crippen molar-refractivity contribution in [3.63, 3.8) is 0 Å². The van der Waals surface area contributed by atoms with Gasteiger partial charge in [-0.05, 0) is 37.6 Å². The molecule has 1 aliphatic rings. The van der Waals surface area contributed by atoms with Gasteiger partial charge in [0.1, 0.15) is 0 Å². The Morgan fingerprint density at radius 2 is 1.67 bits per heavy atom. The van der Waals surface area contributed by atoms with E-state index in [9.17, 15) is 4.79 Å². The van der Waals surface area contributed by atoms with Crippen LogP contribution < -0.4 is 10.2 Å². The van der Waals surface area contributed by atoms with Crippen LogP contribution in [0.5, 0.6) is 0 Å². The number of benzene rings is 2. The van der Waals surface area contributed by atoms with Crippen LogP contribution in [0.1, 0.15) is 37.8 Å². The molecule has 1 amide bonds. The summed E-state index contributed by atoms with van der Waals surface area (Å²) in [7, 11) is 2.03.